The minimum atomic E-state index is 0.470. The van der Waals surface area contributed by atoms with Gasteiger partial charge in [-0.15, -0.1) is 11.8 Å². The van der Waals surface area contributed by atoms with Gasteiger partial charge in [0.2, 0.25) is 0 Å². The molecule has 1 heterocycles. The Balaban J connectivity index is 1.82. The van der Waals surface area contributed by atoms with Crippen molar-refractivity contribution in [2.75, 3.05) is 18.9 Å². The fourth-order valence-electron chi connectivity index (χ4n) is 1.98. The molecule has 94 valence electrons. The number of ether oxygens (including phenoxy) is 1. The lowest BCUT2D eigenvalue weighted by molar-refractivity contribution is 0.129. The van der Waals surface area contributed by atoms with Crippen LogP contribution in [0.5, 0.6) is 0 Å². The lowest BCUT2D eigenvalue weighted by Gasteiger charge is -2.09. The molecule has 3 heteroatoms. The van der Waals surface area contributed by atoms with Gasteiger partial charge in [0.1, 0.15) is 0 Å². The average Bonchev–Trinajstić information content (AvgIpc) is 2.87. The van der Waals surface area contributed by atoms with E-state index in [1.165, 1.54) is 23.3 Å². The first-order chi connectivity index (χ1) is 8.38. The molecule has 2 nitrogen and oxygen atoms in total. The Kier molecular flexibility index (Phi) is 5.36. The zero-order valence-corrected chi connectivity index (χ0v) is 11.3. The lowest BCUT2D eigenvalue weighted by atomic mass is 10.2. The van der Waals surface area contributed by atoms with Gasteiger partial charge in [-0.3, -0.25) is 0 Å². The quantitative estimate of drug-likeness (QED) is 0.785. The summed E-state index contributed by atoms with van der Waals surface area (Å²) >= 11 is 1.91. The first-order valence-electron chi connectivity index (χ1n) is 6.42. The summed E-state index contributed by atoms with van der Waals surface area (Å²) in [5.41, 5.74) is 1.36. The molecule has 1 N–H and O–H groups in total. The van der Waals surface area contributed by atoms with Gasteiger partial charge in [-0.1, -0.05) is 19.1 Å². The van der Waals surface area contributed by atoms with Gasteiger partial charge < -0.3 is 10.1 Å². The molecule has 1 atom stereocenters. The van der Waals surface area contributed by atoms with Gasteiger partial charge in [-0.05, 0) is 37.1 Å². The van der Waals surface area contributed by atoms with Crippen LogP contribution in [0.15, 0.2) is 29.2 Å². The second kappa shape index (κ2) is 7.04. The van der Waals surface area contributed by atoms with Gasteiger partial charge in [-0.25, -0.2) is 0 Å². The summed E-state index contributed by atoms with van der Waals surface area (Å²) in [7, 11) is 0. The van der Waals surface area contributed by atoms with E-state index in [1.54, 1.807) is 0 Å². The number of rotatable bonds is 6. The van der Waals surface area contributed by atoms with Crippen molar-refractivity contribution in [2.24, 2.45) is 0 Å². The van der Waals surface area contributed by atoms with Crippen molar-refractivity contribution in [3.05, 3.63) is 29.8 Å². The highest BCUT2D eigenvalue weighted by atomic mass is 32.2. The molecule has 0 amide bonds. The van der Waals surface area contributed by atoms with Crippen LogP contribution in [0.2, 0.25) is 0 Å². The summed E-state index contributed by atoms with van der Waals surface area (Å²) in [6.45, 7) is 5.07. The second-order valence-corrected chi connectivity index (χ2v) is 5.47. The number of thioether (sulfide) groups is 1. The zero-order valence-electron chi connectivity index (χ0n) is 10.4. The average molecular weight is 251 g/mol. The molecule has 0 aromatic heterocycles. The summed E-state index contributed by atoms with van der Waals surface area (Å²) in [5.74, 6) is 1.09. The van der Waals surface area contributed by atoms with Crippen molar-refractivity contribution in [1.82, 2.24) is 5.32 Å². The smallest absolute Gasteiger partial charge is 0.0669 e. The largest absolute Gasteiger partial charge is 0.377 e. The van der Waals surface area contributed by atoms with Gasteiger partial charge >= 0.3 is 0 Å². The lowest BCUT2D eigenvalue weighted by Crippen LogP contribution is -2.11. The van der Waals surface area contributed by atoms with Gasteiger partial charge in [0, 0.05) is 23.8 Å². The molecule has 0 saturated carbocycles. The Morgan fingerprint density at radius 3 is 3.18 bits per heavy atom. The Morgan fingerprint density at radius 1 is 1.47 bits per heavy atom. The van der Waals surface area contributed by atoms with Crippen LogP contribution in [0, 0.1) is 0 Å². The molecule has 1 fully saturated rings. The fourth-order valence-corrected chi connectivity index (χ4v) is 3.03. The number of benzene rings is 1. The van der Waals surface area contributed by atoms with Crippen LogP contribution in [-0.4, -0.2) is 25.0 Å². The summed E-state index contributed by atoms with van der Waals surface area (Å²) in [6, 6.07) is 8.79. The van der Waals surface area contributed by atoms with Crippen LogP contribution in [0.25, 0.3) is 0 Å². The minimum Gasteiger partial charge on any atom is -0.377 e. The third-order valence-electron chi connectivity index (χ3n) is 2.94. The second-order valence-electron chi connectivity index (χ2n) is 4.37. The molecule has 1 aromatic rings. The van der Waals surface area contributed by atoms with Crippen molar-refractivity contribution in [1.29, 1.82) is 0 Å². The van der Waals surface area contributed by atoms with E-state index in [0.717, 1.165) is 25.4 Å². The van der Waals surface area contributed by atoms with E-state index in [9.17, 15) is 0 Å². The van der Waals surface area contributed by atoms with Crippen LogP contribution in [0.4, 0.5) is 0 Å². The maximum Gasteiger partial charge on any atom is 0.0669 e. The van der Waals surface area contributed by atoms with Crippen LogP contribution in [0.1, 0.15) is 25.3 Å². The summed E-state index contributed by atoms with van der Waals surface area (Å²) in [5, 5.41) is 3.36. The van der Waals surface area contributed by atoms with Gasteiger partial charge in [-0.2, -0.15) is 0 Å². The zero-order chi connectivity index (χ0) is 11.9. The van der Waals surface area contributed by atoms with Crippen LogP contribution < -0.4 is 5.32 Å². The van der Waals surface area contributed by atoms with Crippen LogP contribution in [0.3, 0.4) is 0 Å². The Bertz CT molecular complexity index is 337. The Hall–Kier alpha value is -0.510. The van der Waals surface area contributed by atoms with Crippen molar-refractivity contribution in [3.63, 3.8) is 0 Å². The SMILES string of the molecule is CCNCc1cccc(SCC2CCCO2)c1. The Morgan fingerprint density at radius 2 is 2.41 bits per heavy atom. The van der Waals surface area contributed by atoms with Crippen molar-refractivity contribution in [2.45, 2.75) is 37.3 Å². The molecule has 0 radical (unpaired) electrons. The molecule has 1 aliphatic rings. The van der Waals surface area contributed by atoms with Crippen LogP contribution >= 0.6 is 11.8 Å². The van der Waals surface area contributed by atoms with E-state index in [4.69, 9.17) is 4.74 Å². The highest BCUT2D eigenvalue weighted by molar-refractivity contribution is 7.99. The van der Waals surface area contributed by atoms with Crippen molar-refractivity contribution < 1.29 is 4.74 Å². The van der Waals surface area contributed by atoms with Gasteiger partial charge in [0.05, 0.1) is 6.10 Å². The van der Waals surface area contributed by atoms with E-state index < -0.39 is 0 Å². The van der Waals surface area contributed by atoms with E-state index >= 15 is 0 Å². The van der Waals surface area contributed by atoms with Crippen LogP contribution in [-0.2, 0) is 11.3 Å². The Labute approximate surface area is 108 Å². The van der Waals surface area contributed by atoms with Crippen molar-refractivity contribution in [3.8, 4) is 0 Å². The third-order valence-corrected chi connectivity index (χ3v) is 4.06. The molecule has 1 saturated heterocycles. The van der Waals surface area contributed by atoms with E-state index in [1.807, 2.05) is 11.8 Å². The molecule has 17 heavy (non-hydrogen) atoms. The molecule has 0 aliphatic carbocycles. The molecule has 2 rings (SSSR count). The number of nitrogens with one attached hydrogen (secondary N) is 1. The van der Waals surface area contributed by atoms with Gasteiger partial charge in [0.15, 0.2) is 0 Å². The number of hydrogen-bond donors (Lipinski definition) is 1. The monoisotopic (exact) mass is 251 g/mol. The predicted octanol–water partition coefficient (Wildman–Crippen LogP) is 3.07. The molecular formula is C14H21NOS. The minimum absolute atomic E-state index is 0.470. The van der Waals surface area contributed by atoms with E-state index in [2.05, 4.69) is 36.5 Å². The predicted molar refractivity (Wildman–Crippen MR) is 73.5 cm³/mol. The standard InChI is InChI=1S/C14H21NOS/c1-2-15-10-12-5-3-7-14(9-12)17-11-13-6-4-8-16-13/h3,5,7,9,13,15H,2,4,6,8,10-11H2,1H3. The highest BCUT2D eigenvalue weighted by Gasteiger charge is 2.15. The third kappa shape index (κ3) is 4.34. The molecule has 0 spiro atoms. The topological polar surface area (TPSA) is 21.3 Å². The normalized spacial score (nSPS) is 19.7. The first-order valence-corrected chi connectivity index (χ1v) is 7.41. The summed E-state index contributed by atoms with van der Waals surface area (Å²) in [4.78, 5) is 1.36. The molecule has 0 bridgehead atoms. The highest BCUT2D eigenvalue weighted by Crippen LogP contribution is 2.24. The fraction of sp³-hybridized carbons (Fsp3) is 0.571. The molecule has 1 aliphatic heterocycles. The summed E-state index contributed by atoms with van der Waals surface area (Å²) < 4.78 is 5.64. The molecule has 1 unspecified atom stereocenters. The molecule has 1 aromatic carbocycles. The van der Waals surface area contributed by atoms with E-state index in [0.29, 0.717) is 6.10 Å². The van der Waals surface area contributed by atoms with Gasteiger partial charge in [0.25, 0.3) is 0 Å². The first kappa shape index (κ1) is 12.9. The summed E-state index contributed by atoms with van der Waals surface area (Å²) in [6.07, 6.45) is 2.92. The number of hydrogen-bond acceptors (Lipinski definition) is 3. The van der Waals surface area contributed by atoms with E-state index in [-0.39, 0.29) is 0 Å². The van der Waals surface area contributed by atoms with Crippen molar-refractivity contribution >= 4 is 11.8 Å². The molecular weight excluding hydrogens is 230 g/mol. The maximum absolute atomic E-state index is 5.64. The maximum atomic E-state index is 5.64.